The molecular weight excluding hydrogens is 328 g/mol. The Morgan fingerprint density at radius 1 is 1.45 bits per heavy atom. The van der Waals surface area contributed by atoms with Crippen molar-refractivity contribution in [3.8, 4) is 0 Å². The van der Waals surface area contributed by atoms with Crippen molar-refractivity contribution in [2.75, 3.05) is 0 Å². The van der Waals surface area contributed by atoms with Gasteiger partial charge in [0.2, 0.25) is 6.10 Å². The zero-order chi connectivity index (χ0) is 14.7. The minimum Gasteiger partial charge on any atom is -0.477 e. The van der Waals surface area contributed by atoms with Crippen LogP contribution >= 0.6 is 15.9 Å². The molecule has 1 amide bonds. The smallest absolute Gasteiger partial charge is 0.353 e. The molecule has 1 aromatic rings. The van der Waals surface area contributed by atoms with Crippen LogP contribution in [0.4, 0.5) is 0 Å². The molecule has 0 aromatic heterocycles. The lowest BCUT2D eigenvalue weighted by Crippen LogP contribution is -2.36. The van der Waals surface area contributed by atoms with Gasteiger partial charge < -0.3 is 15.3 Å². The fraction of sp³-hybridized carbons (Fsp3) is 0.308. The number of amides is 1. The Hall–Kier alpha value is -1.89. The van der Waals surface area contributed by atoms with Gasteiger partial charge in [0.15, 0.2) is 5.71 Å². The summed E-state index contributed by atoms with van der Waals surface area (Å²) in [5, 5.41) is 14.9. The van der Waals surface area contributed by atoms with Gasteiger partial charge in [-0.3, -0.25) is 4.79 Å². The number of benzene rings is 1. The van der Waals surface area contributed by atoms with E-state index in [2.05, 4.69) is 26.4 Å². The van der Waals surface area contributed by atoms with Crippen LogP contribution in [0, 0.1) is 0 Å². The van der Waals surface area contributed by atoms with Crippen LogP contribution in [-0.2, 0) is 14.4 Å². The Bertz CT molecular complexity index is 556. The summed E-state index contributed by atoms with van der Waals surface area (Å²) in [5.74, 6) is -1.54. The quantitative estimate of drug-likeness (QED) is 0.875. The second-order valence-electron chi connectivity index (χ2n) is 4.42. The number of carbonyl (C=O) groups excluding carboxylic acids is 1. The SMILES string of the molecule is CC(NC(=O)C1CC(C(=O)O)=NO1)c1ccc(Br)cc1. The highest BCUT2D eigenvalue weighted by molar-refractivity contribution is 9.10. The van der Waals surface area contributed by atoms with Gasteiger partial charge in [0, 0.05) is 10.9 Å². The molecule has 1 heterocycles. The molecule has 2 atom stereocenters. The third-order valence-electron chi connectivity index (χ3n) is 2.94. The molecule has 1 aliphatic heterocycles. The van der Waals surface area contributed by atoms with Gasteiger partial charge in [-0.1, -0.05) is 33.2 Å². The summed E-state index contributed by atoms with van der Waals surface area (Å²) in [6.45, 7) is 1.84. The van der Waals surface area contributed by atoms with Crippen LogP contribution in [0.3, 0.4) is 0 Å². The topological polar surface area (TPSA) is 88.0 Å². The van der Waals surface area contributed by atoms with E-state index in [1.807, 2.05) is 31.2 Å². The molecule has 0 saturated heterocycles. The molecule has 1 aromatic carbocycles. The van der Waals surface area contributed by atoms with Crippen LogP contribution in [0.1, 0.15) is 24.9 Å². The molecule has 106 valence electrons. The Labute approximate surface area is 123 Å². The van der Waals surface area contributed by atoms with E-state index in [0.29, 0.717) is 0 Å². The van der Waals surface area contributed by atoms with Crippen molar-refractivity contribution in [2.24, 2.45) is 5.16 Å². The largest absolute Gasteiger partial charge is 0.477 e. The minimum atomic E-state index is -1.17. The number of nitrogens with one attached hydrogen (secondary N) is 1. The van der Waals surface area contributed by atoms with Crippen LogP contribution < -0.4 is 5.32 Å². The van der Waals surface area contributed by atoms with E-state index in [0.717, 1.165) is 10.0 Å². The highest BCUT2D eigenvalue weighted by Gasteiger charge is 2.32. The third-order valence-corrected chi connectivity index (χ3v) is 3.47. The van der Waals surface area contributed by atoms with Crippen LogP contribution in [0.2, 0.25) is 0 Å². The van der Waals surface area contributed by atoms with Crippen LogP contribution in [0.25, 0.3) is 0 Å². The molecule has 2 unspecified atom stereocenters. The molecule has 0 fully saturated rings. The molecule has 2 rings (SSSR count). The van der Waals surface area contributed by atoms with Crippen LogP contribution in [0.5, 0.6) is 0 Å². The van der Waals surface area contributed by atoms with E-state index in [1.54, 1.807) is 0 Å². The van der Waals surface area contributed by atoms with Gasteiger partial charge in [-0.25, -0.2) is 4.79 Å². The van der Waals surface area contributed by atoms with Crippen LogP contribution in [-0.4, -0.2) is 28.8 Å². The molecular formula is C13H13BrN2O4. The number of hydrogen-bond acceptors (Lipinski definition) is 4. The maximum Gasteiger partial charge on any atom is 0.353 e. The molecule has 0 aliphatic carbocycles. The van der Waals surface area contributed by atoms with Crippen LogP contribution in [0.15, 0.2) is 33.9 Å². The second kappa shape index (κ2) is 6.04. The zero-order valence-electron chi connectivity index (χ0n) is 10.7. The third kappa shape index (κ3) is 3.36. The number of carboxylic acids is 1. The van der Waals surface area contributed by atoms with Crippen molar-refractivity contribution < 1.29 is 19.5 Å². The van der Waals surface area contributed by atoms with E-state index in [4.69, 9.17) is 9.94 Å². The summed E-state index contributed by atoms with van der Waals surface area (Å²) in [6, 6.07) is 7.35. The Balaban J connectivity index is 1.92. The van der Waals surface area contributed by atoms with Gasteiger partial charge >= 0.3 is 5.97 Å². The number of rotatable bonds is 4. The van der Waals surface area contributed by atoms with E-state index in [9.17, 15) is 9.59 Å². The summed E-state index contributed by atoms with van der Waals surface area (Å²) >= 11 is 3.34. The summed E-state index contributed by atoms with van der Waals surface area (Å²) < 4.78 is 0.957. The van der Waals surface area contributed by atoms with Crippen molar-refractivity contribution in [2.45, 2.75) is 25.5 Å². The summed E-state index contributed by atoms with van der Waals surface area (Å²) in [4.78, 5) is 27.5. The van der Waals surface area contributed by atoms with Crippen molar-refractivity contribution >= 4 is 33.5 Å². The van der Waals surface area contributed by atoms with Gasteiger partial charge in [0.05, 0.1) is 6.04 Å². The molecule has 0 bridgehead atoms. The van der Waals surface area contributed by atoms with E-state index in [1.165, 1.54) is 0 Å². The summed E-state index contributed by atoms with van der Waals surface area (Å²) in [5.41, 5.74) is 0.806. The normalized spacial score (nSPS) is 18.9. The number of carbonyl (C=O) groups is 2. The number of halogens is 1. The summed E-state index contributed by atoms with van der Waals surface area (Å²) in [7, 11) is 0. The van der Waals surface area contributed by atoms with Gasteiger partial charge in [-0.15, -0.1) is 0 Å². The van der Waals surface area contributed by atoms with Gasteiger partial charge in [-0.2, -0.15) is 0 Å². The number of hydrogen-bond donors (Lipinski definition) is 2. The molecule has 0 radical (unpaired) electrons. The first-order valence-electron chi connectivity index (χ1n) is 5.99. The van der Waals surface area contributed by atoms with Gasteiger partial charge in [-0.05, 0) is 24.6 Å². The molecule has 1 aliphatic rings. The first-order chi connectivity index (χ1) is 9.47. The fourth-order valence-corrected chi connectivity index (χ4v) is 2.05. The maximum absolute atomic E-state index is 12.0. The van der Waals surface area contributed by atoms with E-state index in [-0.39, 0.29) is 24.1 Å². The molecule has 2 N–H and O–H groups in total. The first kappa shape index (κ1) is 14.5. The molecule has 6 nitrogen and oxygen atoms in total. The summed E-state index contributed by atoms with van der Waals surface area (Å²) in [6.07, 6.45) is -0.896. The lowest BCUT2D eigenvalue weighted by molar-refractivity contribution is -0.132. The zero-order valence-corrected chi connectivity index (χ0v) is 12.3. The maximum atomic E-state index is 12.0. The minimum absolute atomic E-state index is 0.0196. The molecule has 20 heavy (non-hydrogen) atoms. The van der Waals surface area contributed by atoms with Crippen molar-refractivity contribution in [3.63, 3.8) is 0 Å². The predicted octanol–water partition coefficient (Wildman–Crippen LogP) is 1.86. The highest BCUT2D eigenvalue weighted by atomic mass is 79.9. The average molecular weight is 341 g/mol. The number of nitrogens with zero attached hydrogens (tertiary/aromatic N) is 1. The lowest BCUT2D eigenvalue weighted by Gasteiger charge is -2.16. The first-order valence-corrected chi connectivity index (χ1v) is 6.78. The van der Waals surface area contributed by atoms with E-state index >= 15 is 0 Å². The monoisotopic (exact) mass is 340 g/mol. The Morgan fingerprint density at radius 3 is 2.65 bits per heavy atom. The molecule has 0 spiro atoms. The fourth-order valence-electron chi connectivity index (χ4n) is 1.79. The van der Waals surface area contributed by atoms with Crippen molar-refractivity contribution in [1.82, 2.24) is 5.32 Å². The second-order valence-corrected chi connectivity index (χ2v) is 5.34. The van der Waals surface area contributed by atoms with Crippen molar-refractivity contribution in [3.05, 3.63) is 34.3 Å². The molecule has 7 heteroatoms. The number of oxime groups is 1. The van der Waals surface area contributed by atoms with E-state index < -0.39 is 12.1 Å². The lowest BCUT2D eigenvalue weighted by atomic mass is 10.1. The molecule has 0 saturated carbocycles. The Kier molecular flexibility index (Phi) is 4.39. The van der Waals surface area contributed by atoms with Gasteiger partial charge in [0.1, 0.15) is 0 Å². The highest BCUT2D eigenvalue weighted by Crippen LogP contribution is 2.18. The van der Waals surface area contributed by atoms with Gasteiger partial charge in [0.25, 0.3) is 5.91 Å². The van der Waals surface area contributed by atoms with Crippen molar-refractivity contribution in [1.29, 1.82) is 0 Å². The Morgan fingerprint density at radius 2 is 2.10 bits per heavy atom. The average Bonchev–Trinajstić information content (AvgIpc) is 2.89. The number of aliphatic carboxylic acids is 1. The standard InChI is InChI=1S/C13H13BrN2O4/c1-7(8-2-4-9(14)5-3-8)15-12(17)11-6-10(13(18)19)16-20-11/h2-5,7,11H,6H2,1H3,(H,15,17)(H,18,19). The predicted molar refractivity (Wildman–Crippen MR) is 75.3 cm³/mol. The number of carboxylic acid groups (broad SMARTS) is 1.